The van der Waals surface area contributed by atoms with Gasteiger partial charge in [-0.25, -0.2) is 9.59 Å². The molecule has 0 spiro atoms. The Morgan fingerprint density at radius 2 is 1.22 bits per heavy atom. The number of nitrogens with one attached hydrogen (secondary N) is 5. The molecule has 0 aliphatic carbocycles. The maximum Gasteiger partial charge on any atom is 0.405 e. The van der Waals surface area contributed by atoms with Gasteiger partial charge < -0.3 is 36.4 Å². The lowest BCUT2D eigenvalue weighted by Gasteiger charge is -2.31. The molecule has 6 N–H and O–H groups in total. The summed E-state index contributed by atoms with van der Waals surface area (Å²) in [7, 11) is 0. The lowest BCUT2D eigenvalue weighted by atomic mass is 9.84. The molecular formula is C44H47N5O5. The second kappa shape index (κ2) is 19.2. The van der Waals surface area contributed by atoms with Crippen molar-refractivity contribution in [1.29, 1.82) is 0 Å². The van der Waals surface area contributed by atoms with Crippen molar-refractivity contribution >= 4 is 29.4 Å². The first-order valence-corrected chi connectivity index (χ1v) is 18.4. The molecule has 1 saturated heterocycles. The number of carbonyl (C=O) groups excluding carboxylic acids is 2. The molecule has 4 amide bonds. The van der Waals surface area contributed by atoms with Crippen molar-refractivity contribution in [2.75, 3.05) is 23.8 Å². The normalized spacial score (nSPS) is 15.9. The minimum absolute atomic E-state index is 0.00533. The highest BCUT2D eigenvalue weighted by atomic mass is 16.5. The number of anilines is 2. The number of aryl methyl sites for hydroxylation is 2. The Balaban J connectivity index is 1.01. The molecule has 1 heterocycles. The summed E-state index contributed by atoms with van der Waals surface area (Å²) < 4.78 is 6.30. The smallest absolute Gasteiger partial charge is 0.405 e. The van der Waals surface area contributed by atoms with E-state index >= 15 is 0 Å². The van der Waals surface area contributed by atoms with Gasteiger partial charge in [0.05, 0.1) is 12.7 Å². The molecular weight excluding hydrogens is 679 g/mol. The number of ether oxygens (including phenoxy) is 1. The van der Waals surface area contributed by atoms with Crippen molar-refractivity contribution in [3.63, 3.8) is 0 Å². The molecule has 5 aromatic carbocycles. The summed E-state index contributed by atoms with van der Waals surface area (Å²) in [5.74, 6) is -0.981. The third-order valence-corrected chi connectivity index (χ3v) is 9.71. The first kappa shape index (κ1) is 37.8. The molecule has 54 heavy (non-hydrogen) atoms. The molecule has 6 rings (SSSR count). The van der Waals surface area contributed by atoms with E-state index in [1.165, 1.54) is 0 Å². The van der Waals surface area contributed by atoms with E-state index in [4.69, 9.17) is 4.74 Å². The van der Waals surface area contributed by atoms with E-state index < -0.39 is 24.0 Å². The van der Waals surface area contributed by atoms with Crippen molar-refractivity contribution in [2.24, 2.45) is 0 Å². The summed E-state index contributed by atoms with van der Waals surface area (Å²) in [6, 6.07) is 43.1. The van der Waals surface area contributed by atoms with E-state index in [-0.39, 0.29) is 18.2 Å². The van der Waals surface area contributed by atoms with Gasteiger partial charge in [0.1, 0.15) is 6.04 Å². The highest BCUT2D eigenvalue weighted by molar-refractivity contribution is 5.98. The van der Waals surface area contributed by atoms with Crippen LogP contribution in [-0.2, 0) is 28.9 Å². The summed E-state index contributed by atoms with van der Waals surface area (Å²) in [5, 5.41) is 24.9. The number of hydrogen-bond donors (Lipinski definition) is 6. The number of benzene rings is 5. The second-order valence-corrected chi connectivity index (χ2v) is 13.5. The lowest BCUT2D eigenvalue weighted by molar-refractivity contribution is -0.118. The van der Waals surface area contributed by atoms with Gasteiger partial charge in [-0.1, -0.05) is 127 Å². The van der Waals surface area contributed by atoms with Gasteiger partial charge in [-0.05, 0) is 65.6 Å². The number of rotatable bonds is 15. The van der Waals surface area contributed by atoms with Crippen LogP contribution in [0.15, 0.2) is 140 Å². The Hall–Kier alpha value is -5.97. The zero-order valence-electron chi connectivity index (χ0n) is 30.1. The predicted molar refractivity (Wildman–Crippen MR) is 212 cm³/mol. The van der Waals surface area contributed by atoms with Crippen LogP contribution in [0.5, 0.6) is 0 Å². The molecule has 10 heteroatoms. The summed E-state index contributed by atoms with van der Waals surface area (Å²) in [4.78, 5) is 38.6. The fraction of sp³-hybridized carbons (Fsp3) is 0.250. The maximum atomic E-state index is 14.0. The molecule has 278 valence electrons. The fourth-order valence-electron chi connectivity index (χ4n) is 6.89. The summed E-state index contributed by atoms with van der Waals surface area (Å²) in [6.45, 7) is 1.72. The van der Waals surface area contributed by atoms with Crippen LogP contribution < -0.4 is 26.6 Å². The molecule has 0 radical (unpaired) electrons. The van der Waals surface area contributed by atoms with Crippen LogP contribution in [0, 0.1) is 0 Å². The topological polar surface area (TPSA) is 141 Å². The third-order valence-electron chi connectivity index (χ3n) is 9.71. The minimum Gasteiger partial charge on any atom is -0.465 e. The van der Waals surface area contributed by atoms with Gasteiger partial charge in [0.15, 0.2) is 0 Å². The molecule has 0 bridgehead atoms. The molecule has 10 nitrogen and oxygen atoms in total. The predicted octanol–water partition coefficient (Wildman–Crippen LogP) is 7.34. The molecule has 5 aromatic rings. The van der Waals surface area contributed by atoms with Crippen molar-refractivity contribution in [3.8, 4) is 0 Å². The average Bonchev–Trinajstić information content (AvgIpc) is 3.20. The minimum atomic E-state index is -1.27. The summed E-state index contributed by atoms with van der Waals surface area (Å²) >= 11 is 0. The van der Waals surface area contributed by atoms with E-state index in [0.717, 1.165) is 52.8 Å². The number of morpholine rings is 1. The van der Waals surface area contributed by atoms with E-state index in [1.54, 1.807) is 0 Å². The van der Waals surface area contributed by atoms with E-state index in [2.05, 4.69) is 26.6 Å². The van der Waals surface area contributed by atoms with Gasteiger partial charge in [-0.2, -0.15) is 0 Å². The van der Waals surface area contributed by atoms with E-state index in [1.807, 2.05) is 140 Å². The van der Waals surface area contributed by atoms with Gasteiger partial charge in [-0.15, -0.1) is 0 Å². The number of carboxylic acid groups (broad SMARTS) is 1. The Bertz CT molecular complexity index is 1910. The molecule has 0 saturated carbocycles. The lowest BCUT2D eigenvalue weighted by Crippen LogP contribution is -2.47. The van der Waals surface area contributed by atoms with Gasteiger partial charge in [0, 0.05) is 36.4 Å². The van der Waals surface area contributed by atoms with Crippen LogP contribution in [-0.4, -0.2) is 54.5 Å². The zero-order chi connectivity index (χ0) is 37.5. The standard InChI is InChI=1S/C44H47N5O5/c50-42(41(49-44(52)53)40(34-18-6-2-7-19-34)35-20-8-3-9-21-35)47-38-22-12-10-17-33(38)25-27-37-29-45-36(30-54-37)26-24-32-16-11-13-23-39(32)48-43(51)46-28-31-14-4-1-5-15-31/h1-23,36-37,40-41,45,49H,24-30H2,(H,47,50)(H,52,53)(H2,46,48,51)/t36-,37-,41+/m1/s1. The first-order chi connectivity index (χ1) is 26.4. The number of para-hydroxylation sites is 2. The molecule has 3 atom stereocenters. The van der Waals surface area contributed by atoms with Crippen molar-refractivity contribution in [3.05, 3.63) is 167 Å². The van der Waals surface area contributed by atoms with Gasteiger partial charge in [-0.3, -0.25) is 4.79 Å². The molecule has 1 aliphatic heterocycles. The quantitative estimate of drug-likeness (QED) is 0.0668. The number of urea groups is 1. The highest BCUT2D eigenvalue weighted by Crippen LogP contribution is 2.30. The number of carbonyl (C=O) groups is 3. The van der Waals surface area contributed by atoms with Crippen LogP contribution in [0.2, 0.25) is 0 Å². The van der Waals surface area contributed by atoms with Crippen LogP contribution in [0.25, 0.3) is 0 Å². The van der Waals surface area contributed by atoms with Crippen LogP contribution in [0.4, 0.5) is 21.0 Å². The monoisotopic (exact) mass is 725 g/mol. The van der Waals surface area contributed by atoms with E-state index in [9.17, 15) is 19.5 Å². The van der Waals surface area contributed by atoms with Crippen molar-refractivity contribution < 1.29 is 24.2 Å². The average molecular weight is 726 g/mol. The van der Waals surface area contributed by atoms with Crippen LogP contribution >= 0.6 is 0 Å². The fourth-order valence-corrected chi connectivity index (χ4v) is 6.89. The Kier molecular flexibility index (Phi) is 13.4. The molecule has 1 aliphatic rings. The third kappa shape index (κ3) is 10.8. The van der Waals surface area contributed by atoms with Gasteiger partial charge in [0.2, 0.25) is 5.91 Å². The van der Waals surface area contributed by atoms with Crippen LogP contribution in [0.1, 0.15) is 46.6 Å². The number of hydrogen-bond acceptors (Lipinski definition) is 5. The second-order valence-electron chi connectivity index (χ2n) is 13.5. The zero-order valence-corrected chi connectivity index (χ0v) is 30.1. The van der Waals surface area contributed by atoms with Gasteiger partial charge in [0.25, 0.3) is 0 Å². The van der Waals surface area contributed by atoms with E-state index in [0.29, 0.717) is 31.8 Å². The van der Waals surface area contributed by atoms with Crippen LogP contribution in [0.3, 0.4) is 0 Å². The first-order valence-electron chi connectivity index (χ1n) is 18.4. The highest BCUT2D eigenvalue weighted by Gasteiger charge is 2.33. The Labute approximate surface area is 316 Å². The Morgan fingerprint density at radius 3 is 1.80 bits per heavy atom. The molecule has 1 fully saturated rings. The molecule has 0 aromatic heterocycles. The summed E-state index contributed by atoms with van der Waals surface area (Å²) in [5.41, 5.74) is 6.14. The molecule has 0 unspecified atom stereocenters. The Morgan fingerprint density at radius 1 is 0.685 bits per heavy atom. The number of amides is 4. The van der Waals surface area contributed by atoms with Crippen molar-refractivity contribution in [1.82, 2.24) is 16.0 Å². The largest absolute Gasteiger partial charge is 0.465 e. The van der Waals surface area contributed by atoms with Crippen molar-refractivity contribution in [2.45, 2.75) is 56.3 Å². The van der Waals surface area contributed by atoms with Gasteiger partial charge >= 0.3 is 12.1 Å². The maximum absolute atomic E-state index is 14.0. The SMILES string of the molecule is O=C(O)N[C@H](C(=O)Nc1ccccc1CC[C@@H]1CN[C@H](CCc2ccccc2NC(=O)NCc2ccccc2)CO1)C(c1ccccc1)c1ccccc1. The summed E-state index contributed by atoms with van der Waals surface area (Å²) in [6.07, 6.45) is 1.75.